The molecule has 124 valence electrons. The molecule has 0 aliphatic rings. The van der Waals surface area contributed by atoms with Crippen molar-refractivity contribution in [3.05, 3.63) is 0 Å². The number of nitrogens with one attached hydrogen (secondary N) is 1. The van der Waals surface area contributed by atoms with Gasteiger partial charge in [0.15, 0.2) is 0 Å². The zero-order valence-corrected chi connectivity index (χ0v) is 12.7. The smallest absolute Gasteiger partial charge is 0.220 e. The number of carbonyl (C=O) groups is 2. The Morgan fingerprint density at radius 3 is 2.10 bits per heavy atom. The Labute approximate surface area is 126 Å². The number of carbonyl (C=O) groups excluding carboxylic acids is 2. The Morgan fingerprint density at radius 2 is 1.52 bits per heavy atom. The molecule has 3 N–H and O–H groups in total. The highest BCUT2D eigenvalue weighted by atomic mass is 16.5. The van der Waals surface area contributed by atoms with Crippen LogP contribution in [0.25, 0.3) is 0 Å². The minimum atomic E-state index is -0.0972. The van der Waals surface area contributed by atoms with Crippen molar-refractivity contribution in [3.63, 3.8) is 0 Å². The molecule has 0 unspecified atom stereocenters. The highest BCUT2D eigenvalue weighted by Gasteiger charge is 1.99. The molecular formula is C14H28N2O5. The predicted molar refractivity (Wildman–Crippen MR) is 79.1 cm³/mol. The van der Waals surface area contributed by atoms with Gasteiger partial charge in [-0.05, 0) is 19.4 Å². The average molecular weight is 304 g/mol. The second-order valence-electron chi connectivity index (χ2n) is 4.39. The van der Waals surface area contributed by atoms with E-state index in [2.05, 4.69) is 5.32 Å². The van der Waals surface area contributed by atoms with E-state index in [-0.39, 0.29) is 18.7 Å². The number of nitrogens with two attached hydrogens (primary N) is 1. The van der Waals surface area contributed by atoms with Gasteiger partial charge in [-0.25, -0.2) is 0 Å². The standard InChI is InChI=1S/C14H28N2O5/c15-5-2-8-19-10-12-21-13-11-20-9-3-6-16-14(18)4-1-7-17/h7H,1-6,8-13,15H2,(H,16,18). The zero-order valence-electron chi connectivity index (χ0n) is 12.7. The van der Waals surface area contributed by atoms with Crippen molar-refractivity contribution in [2.45, 2.75) is 25.7 Å². The van der Waals surface area contributed by atoms with Crippen molar-refractivity contribution < 1.29 is 23.8 Å². The molecule has 7 nitrogen and oxygen atoms in total. The summed E-state index contributed by atoms with van der Waals surface area (Å²) in [4.78, 5) is 21.2. The molecule has 0 aromatic rings. The van der Waals surface area contributed by atoms with Crippen LogP contribution < -0.4 is 11.1 Å². The van der Waals surface area contributed by atoms with E-state index in [1.165, 1.54) is 0 Å². The Hall–Kier alpha value is -1.02. The lowest BCUT2D eigenvalue weighted by Crippen LogP contribution is -2.25. The fourth-order valence-corrected chi connectivity index (χ4v) is 1.41. The average Bonchev–Trinajstić information content (AvgIpc) is 2.49. The molecule has 0 radical (unpaired) electrons. The zero-order chi connectivity index (χ0) is 15.6. The van der Waals surface area contributed by atoms with Gasteiger partial charge in [0, 0.05) is 32.6 Å². The van der Waals surface area contributed by atoms with Gasteiger partial charge in [0.2, 0.25) is 5.91 Å². The van der Waals surface area contributed by atoms with E-state index in [1.54, 1.807) is 0 Å². The highest BCUT2D eigenvalue weighted by Crippen LogP contribution is 1.87. The molecule has 0 aromatic carbocycles. The minimum Gasteiger partial charge on any atom is -0.379 e. The van der Waals surface area contributed by atoms with Gasteiger partial charge < -0.3 is 30.1 Å². The maximum Gasteiger partial charge on any atom is 0.220 e. The maximum absolute atomic E-state index is 11.2. The van der Waals surface area contributed by atoms with Crippen molar-refractivity contribution in [1.29, 1.82) is 0 Å². The van der Waals surface area contributed by atoms with Crippen LogP contribution in [0.5, 0.6) is 0 Å². The Morgan fingerprint density at radius 1 is 0.952 bits per heavy atom. The fraction of sp³-hybridized carbons (Fsp3) is 0.857. The first kappa shape index (κ1) is 20.0. The second kappa shape index (κ2) is 17.0. The van der Waals surface area contributed by atoms with E-state index in [0.29, 0.717) is 52.7 Å². The van der Waals surface area contributed by atoms with Crippen LogP contribution >= 0.6 is 0 Å². The van der Waals surface area contributed by atoms with Gasteiger partial charge in [-0.15, -0.1) is 0 Å². The maximum atomic E-state index is 11.2. The van der Waals surface area contributed by atoms with Crippen LogP contribution in [0.4, 0.5) is 0 Å². The van der Waals surface area contributed by atoms with Crippen LogP contribution in [-0.2, 0) is 23.8 Å². The lowest BCUT2D eigenvalue weighted by molar-refractivity contribution is -0.122. The molecule has 0 bridgehead atoms. The number of rotatable bonds is 16. The van der Waals surface area contributed by atoms with Crippen LogP contribution in [0.15, 0.2) is 0 Å². The SMILES string of the molecule is NCCCOCCOCCOCCCNC(=O)CCC=O. The molecule has 0 aromatic heterocycles. The number of amides is 1. The van der Waals surface area contributed by atoms with Gasteiger partial charge in [-0.1, -0.05) is 0 Å². The molecule has 0 aliphatic carbocycles. The summed E-state index contributed by atoms with van der Waals surface area (Å²) in [6.45, 7) is 4.65. The Bertz CT molecular complexity index is 252. The van der Waals surface area contributed by atoms with E-state index >= 15 is 0 Å². The topological polar surface area (TPSA) is 99.9 Å². The number of hydrogen-bond acceptors (Lipinski definition) is 6. The molecule has 0 heterocycles. The third-order valence-corrected chi connectivity index (χ3v) is 2.51. The number of hydrogen-bond donors (Lipinski definition) is 2. The van der Waals surface area contributed by atoms with E-state index < -0.39 is 0 Å². The second-order valence-corrected chi connectivity index (χ2v) is 4.39. The van der Waals surface area contributed by atoms with Crippen LogP contribution in [0, 0.1) is 0 Å². The molecule has 21 heavy (non-hydrogen) atoms. The summed E-state index contributed by atoms with van der Waals surface area (Å²) in [7, 11) is 0. The Balaban J connectivity index is 3.05. The molecule has 7 heteroatoms. The predicted octanol–water partition coefficient (Wildman–Crippen LogP) is -0.130. The summed E-state index contributed by atoms with van der Waals surface area (Å²) < 4.78 is 15.9. The third kappa shape index (κ3) is 16.9. The van der Waals surface area contributed by atoms with Gasteiger partial charge in [0.25, 0.3) is 0 Å². The molecule has 0 saturated carbocycles. The fourth-order valence-electron chi connectivity index (χ4n) is 1.41. The van der Waals surface area contributed by atoms with Gasteiger partial charge in [0.1, 0.15) is 6.29 Å². The highest BCUT2D eigenvalue weighted by molar-refractivity contribution is 5.77. The van der Waals surface area contributed by atoms with Crippen LogP contribution in [-0.4, -0.2) is 64.9 Å². The van der Waals surface area contributed by atoms with Gasteiger partial charge in [-0.3, -0.25) is 4.79 Å². The lowest BCUT2D eigenvalue weighted by Gasteiger charge is -2.07. The molecule has 0 fully saturated rings. The van der Waals surface area contributed by atoms with Gasteiger partial charge in [-0.2, -0.15) is 0 Å². The lowest BCUT2D eigenvalue weighted by atomic mass is 10.3. The molecule has 1 amide bonds. The van der Waals surface area contributed by atoms with Crippen LogP contribution in [0.1, 0.15) is 25.7 Å². The molecule has 0 rings (SSSR count). The van der Waals surface area contributed by atoms with Crippen molar-refractivity contribution >= 4 is 12.2 Å². The van der Waals surface area contributed by atoms with Crippen molar-refractivity contribution in [3.8, 4) is 0 Å². The monoisotopic (exact) mass is 304 g/mol. The van der Waals surface area contributed by atoms with Crippen LogP contribution in [0.2, 0.25) is 0 Å². The summed E-state index contributed by atoms with van der Waals surface area (Å²) in [6, 6.07) is 0. The molecule has 0 atom stereocenters. The normalized spacial score (nSPS) is 10.5. The summed E-state index contributed by atoms with van der Waals surface area (Å²) >= 11 is 0. The van der Waals surface area contributed by atoms with Crippen LogP contribution in [0.3, 0.4) is 0 Å². The summed E-state index contributed by atoms with van der Waals surface area (Å²) in [5, 5.41) is 2.72. The first-order chi connectivity index (χ1) is 10.3. The summed E-state index contributed by atoms with van der Waals surface area (Å²) in [5.41, 5.74) is 5.33. The molecular weight excluding hydrogens is 276 g/mol. The molecule has 0 saturated heterocycles. The minimum absolute atomic E-state index is 0.0972. The first-order valence-corrected chi connectivity index (χ1v) is 7.45. The van der Waals surface area contributed by atoms with Crippen molar-refractivity contribution in [1.82, 2.24) is 5.32 Å². The first-order valence-electron chi connectivity index (χ1n) is 7.45. The number of ether oxygens (including phenoxy) is 3. The summed E-state index contributed by atoms with van der Waals surface area (Å²) in [6.07, 6.45) is 2.89. The van der Waals surface area contributed by atoms with E-state index in [9.17, 15) is 9.59 Å². The van der Waals surface area contributed by atoms with E-state index in [0.717, 1.165) is 19.1 Å². The van der Waals surface area contributed by atoms with Crippen molar-refractivity contribution in [2.24, 2.45) is 5.73 Å². The van der Waals surface area contributed by atoms with Gasteiger partial charge >= 0.3 is 0 Å². The quantitative estimate of drug-likeness (QED) is 0.304. The third-order valence-electron chi connectivity index (χ3n) is 2.51. The van der Waals surface area contributed by atoms with E-state index in [1.807, 2.05) is 0 Å². The van der Waals surface area contributed by atoms with E-state index in [4.69, 9.17) is 19.9 Å². The van der Waals surface area contributed by atoms with Crippen molar-refractivity contribution in [2.75, 3.05) is 52.7 Å². The Kier molecular flexibility index (Phi) is 16.2. The summed E-state index contributed by atoms with van der Waals surface area (Å²) in [5.74, 6) is -0.0972. The molecule has 0 aliphatic heterocycles. The largest absolute Gasteiger partial charge is 0.379 e. The van der Waals surface area contributed by atoms with Gasteiger partial charge in [0.05, 0.1) is 26.4 Å². The number of aldehydes is 1. The molecule has 0 spiro atoms.